The molecule has 0 saturated heterocycles. The van der Waals surface area contributed by atoms with Gasteiger partial charge in [-0.15, -0.1) is 0 Å². The third kappa shape index (κ3) is 2.08. The van der Waals surface area contributed by atoms with E-state index in [1.54, 1.807) is 53.4 Å². The van der Waals surface area contributed by atoms with Crippen molar-refractivity contribution in [1.29, 1.82) is 0 Å². The van der Waals surface area contributed by atoms with Gasteiger partial charge in [-0.1, -0.05) is 12.1 Å². The summed E-state index contributed by atoms with van der Waals surface area (Å²) in [5.74, 6) is 0.585. The number of aromatic nitrogens is 1. The number of ether oxygens (including phenoxy) is 1. The summed E-state index contributed by atoms with van der Waals surface area (Å²) in [7, 11) is 0. The molecule has 0 aliphatic carbocycles. The second kappa shape index (κ2) is 4.81. The van der Waals surface area contributed by atoms with Crippen LogP contribution in [-0.4, -0.2) is 15.3 Å². The summed E-state index contributed by atoms with van der Waals surface area (Å²) in [5.41, 5.74) is 1.32. The zero-order valence-electron chi connectivity index (χ0n) is 11.8. The van der Waals surface area contributed by atoms with Crippen LogP contribution < -0.4 is 4.74 Å². The maximum atomic E-state index is 12.3. The Kier molecular flexibility index (Phi) is 2.77. The summed E-state index contributed by atoms with van der Waals surface area (Å²) >= 11 is 0. The predicted molar refractivity (Wildman–Crippen MR) is 84.3 cm³/mol. The van der Waals surface area contributed by atoms with Crippen molar-refractivity contribution in [2.45, 2.75) is 0 Å². The molecule has 0 N–H and O–H groups in total. The van der Waals surface area contributed by atoms with Gasteiger partial charge in [0.05, 0.1) is 22.2 Å². The number of para-hydroxylation sites is 1. The summed E-state index contributed by atoms with van der Waals surface area (Å²) in [6, 6.07) is 13.4. The van der Waals surface area contributed by atoms with E-state index in [-0.39, 0.29) is 17.2 Å². The number of nitro groups is 1. The number of hydrogen-bond donors (Lipinski definition) is 0. The average Bonchev–Trinajstić information content (AvgIpc) is 3.10. The number of ketones is 1. The fourth-order valence-electron chi connectivity index (χ4n) is 2.63. The quantitative estimate of drug-likeness (QED) is 0.411. The average molecular weight is 306 g/mol. The van der Waals surface area contributed by atoms with Crippen LogP contribution in [0.3, 0.4) is 0 Å². The minimum Gasteiger partial charge on any atom is -0.451 e. The normalized spacial score (nSPS) is 15.0. The third-order valence-corrected chi connectivity index (χ3v) is 3.75. The van der Waals surface area contributed by atoms with E-state index in [0.717, 1.165) is 10.9 Å². The summed E-state index contributed by atoms with van der Waals surface area (Å²) in [6.45, 7) is 0. The van der Waals surface area contributed by atoms with E-state index in [1.165, 1.54) is 12.1 Å². The SMILES string of the molecule is O=C1/C(=C\n2ccc3cc([N+](=O)[O-])ccc32)Oc2ccccc21. The van der Waals surface area contributed by atoms with Crippen LogP contribution in [0.1, 0.15) is 10.4 Å². The van der Waals surface area contributed by atoms with Gasteiger partial charge in [0.25, 0.3) is 5.69 Å². The van der Waals surface area contributed by atoms with Crippen molar-refractivity contribution in [2.75, 3.05) is 0 Å². The van der Waals surface area contributed by atoms with Crippen molar-refractivity contribution < 1.29 is 14.5 Å². The fraction of sp³-hybridized carbons (Fsp3) is 0. The number of nitro benzene ring substituents is 1. The van der Waals surface area contributed by atoms with E-state index in [0.29, 0.717) is 11.3 Å². The lowest BCUT2D eigenvalue weighted by Crippen LogP contribution is -2.00. The number of fused-ring (bicyclic) bond motifs is 2. The van der Waals surface area contributed by atoms with Crippen molar-refractivity contribution in [3.8, 4) is 5.75 Å². The zero-order chi connectivity index (χ0) is 16.0. The number of non-ortho nitro benzene ring substituents is 1. The standard InChI is InChI=1S/C17H10N2O4/c20-17-13-3-1-2-4-15(13)23-16(17)10-18-8-7-11-9-12(19(21)22)5-6-14(11)18/h1-10H/b16-10+. The third-order valence-electron chi connectivity index (χ3n) is 3.75. The van der Waals surface area contributed by atoms with Gasteiger partial charge in [0.2, 0.25) is 5.78 Å². The summed E-state index contributed by atoms with van der Waals surface area (Å²) in [6.07, 6.45) is 3.33. The van der Waals surface area contributed by atoms with Crippen LogP contribution in [0.15, 0.2) is 60.5 Å². The second-order valence-electron chi connectivity index (χ2n) is 5.14. The van der Waals surface area contributed by atoms with Gasteiger partial charge in [0.1, 0.15) is 5.75 Å². The molecule has 2 aromatic carbocycles. The largest absolute Gasteiger partial charge is 0.451 e. The number of Topliss-reactive ketones (excluding diaryl/α,β-unsaturated/α-hetero) is 1. The number of allylic oxidation sites excluding steroid dienone is 1. The minimum atomic E-state index is -0.435. The van der Waals surface area contributed by atoms with E-state index >= 15 is 0 Å². The molecule has 112 valence electrons. The Morgan fingerprint density at radius 1 is 1.13 bits per heavy atom. The number of hydrogen-bond acceptors (Lipinski definition) is 4. The Labute approximate surface area is 130 Å². The molecule has 0 amide bonds. The molecule has 2 heterocycles. The van der Waals surface area contributed by atoms with Crippen LogP contribution in [0.25, 0.3) is 17.1 Å². The van der Waals surface area contributed by atoms with Crippen molar-refractivity contribution in [3.05, 3.63) is 76.2 Å². The fourth-order valence-corrected chi connectivity index (χ4v) is 2.63. The molecule has 1 aliphatic rings. The Morgan fingerprint density at radius 3 is 2.74 bits per heavy atom. The first-order chi connectivity index (χ1) is 11.1. The number of rotatable bonds is 2. The molecule has 0 bridgehead atoms. The first-order valence-corrected chi connectivity index (χ1v) is 6.92. The number of carbonyl (C=O) groups is 1. The van der Waals surface area contributed by atoms with Gasteiger partial charge in [0.15, 0.2) is 5.76 Å². The smallest absolute Gasteiger partial charge is 0.270 e. The second-order valence-corrected chi connectivity index (χ2v) is 5.14. The van der Waals surface area contributed by atoms with Crippen molar-refractivity contribution in [1.82, 2.24) is 4.57 Å². The Morgan fingerprint density at radius 2 is 1.96 bits per heavy atom. The maximum Gasteiger partial charge on any atom is 0.270 e. The molecule has 0 atom stereocenters. The molecule has 0 unspecified atom stereocenters. The van der Waals surface area contributed by atoms with Crippen molar-refractivity contribution in [2.24, 2.45) is 0 Å². The molecule has 0 fully saturated rings. The van der Waals surface area contributed by atoms with Crippen LogP contribution in [-0.2, 0) is 0 Å². The van der Waals surface area contributed by atoms with Gasteiger partial charge in [0, 0.05) is 23.7 Å². The molecule has 3 aromatic rings. The van der Waals surface area contributed by atoms with Gasteiger partial charge in [-0.05, 0) is 24.3 Å². The highest BCUT2D eigenvalue weighted by Gasteiger charge is 2.26. The van der Waals surface area contributed by atoms with Crippen LogP contribution in [0.2, 0.25) is 0 Å². The lowest BCUT2D eigenvalue weighted by molar-refractivity contribution is -0.384. The first kappa shape index (κ1) is 13.3. The van der Waals surface area contributed by atoms with Crippen molar-refractivity contribution >= 4 is 28.6 Å². The topological polar surface area (TPSA) is 74.4 Å². The van der Waals surface area contributed by atoms with Gasteiger partial charge >= 0.3 is 0 Å². The van der Waals surface area contributed by atoms with E-state index in [1.807, 2.05) is 0 Å². The van der Waals surface area contributed by atoms with Gasteiger partial charge in [-0.2, -0.15) is 0 Å². The maximum absolute atomic E-state index is 12.3. The molecule has 0 saturated carbocycles. The van der Waals surface area contributed by atoms with E-state index < -0.39 is 4.92 Å². The van der Waals surface area contributed by atoms with Gasteiger partial charge < -0.3 is 9.30 Å². The molecule has 1 aliphatic heterocycles. The van der Waals surface area contributed by atoms with Crippen molar-refractivity contribution in [3.63, 3.8) is 0 Å². The lowest BCUT2D eigenvalue weighted by Gasteiger charge is -2.01. The Hall–Kier alpha value is -3.41. The van der Waals surface area contributed by atoms with Crippen LogP contribution in [0, 0.1) is 10.1 Å². The van der Waals surface area contributed by atoms with Crippen LogP contribution in [0.5, 0.6) is 5.75 Å². The van der Waals surface area contributed by atoms with Crippen LogP contribution >= 0.6 is 0 Å². The zero-order valence-corrected chi connectivity index (χ0v) is 11.8. The molecular formula is C17H10N2O4. The highest BCUT2D eigenvalue weighted by Crippen LogP contribution is 2.31. The predicted octanol–water partition coefficient (Wildman–Crippen LogP) is 3.62. The molecule has 6 heteroatoms. The van der Waals surface area contributed by atoms with E-state index in [9.17, 15) is 14.9 Å². The molecule has 4 rings (SSSR count). The molecule has 0 spiro atoms. The lowest BCUT2D eigenvalue weighted by atomic mass is 10.1. The summed E-state index contributed by atoms with van der Waals surface area (Å²) < 4.78 is 7.31. The number of carbonyl (C=O) groups excluding carboxylic acids is 1. The first-order valence-electron chi connectivity index (χ1n) is 6.92. The monoisotopic (exact) mass is 306 g/mol. The highest BCUT2D eigenvalue weighted by atomic mass is 16.6. The van der Waals surface area contributed by atoms with Gasteiger partial charge in [-0.25, -0.2) is 0 Å². The van der Waals surface area contributed by atoms with Gasteiger partial charge in [-0.3, -0.25) is 14.9 Å². The minimum absolute atomic E-state index is 0.0310. The molecule has 1 aromatic heterocycles. The molecule has 23 heavy (non-hydrogen) atoms. The molecule has 0 radical (unpaired) electrons. The number of benzene rings is 2. The van der Waals surface area contributed by atoms with E-state index in [2.05, 4.69) is 0 Å². The summed E-state index contributed by atoms with van der Waals surface area (Å²) in [4.78, 5) is 22.7. The Balaban J connectivity index is 1.77. The highest BCUT2D eigenvalue weighted by molar-refractivity contribution is 6.14. The Bertz CT molecular complexity index is 1000. The molecule has 6 nitrogen and oxygen atoms in total. The molecular weight excluding hydrogens is 296 g/mol. The summed E-state index contributed by atoms with van der Waals surface area (Å²) in [5, 5.41) is 11.5. The van der Waals surface area contributed by atoms with Crippen LogP contribution in [0.4, 0.5) is 5.69 Å². The number of nitrogens with zero attached hydrogens (tertiary/aromatic N) is 2. The van der Waals surface area contributed by atoms with E-state index in [4.69, 9.17) is 4.74 Å².